The van der Waals surface area contributed by atoms with Gasteiger partial charge in [0, 0.05) is 12.6 Å². The zero-order valence-electron chi connectivity index (χ0n) is 9.21. The summed E-state index contributed by atoms with van der Waals surface area (Å²) in [5, 5.41) is 4.83. The monoisotopic (exact) mass is 212 g/mol. The molecule has 2 fully saturated rings. The Morgan fingerprint density at radius 2 is 2.07 bits per heavy atom. The summed E-state index contributed by atoms with van der Waals surface area (Å²) in [5.41, 5.74) is 0. The van der Waals surface area contributed by atoms with Crippen LogP contribution in [0.25, 0.3) is 0 Å². The van der Waals surface area contributed by atoms with Gasteiger partial charge in [-0.3, -0.25) is 9.63 Å². The van der Waals surface area contributed by atoms with Crippen LogP contribution in [0.1, 0.15) is 38.5 Å². The van der Waals surface area contributed by atoms with Crippen molar-refractivity contribution >= 4 is 5.91 Å². The van der Waals surface area contributed by atoms with Gasteiger partial charge >= 0.3 is 0 Å². The Morgan fingerprint density at radius 3 is 2.73 bits per heavy atom. The van der Waals surface area contributed by atoms with Gasteiger partial charge in [0.1, 0.15) is 0 Å². The van der Waals surface area contributed by atoms with Gasteiger partial charge in [-0.1, -0.05) is 12.8 Å². The highest BCUT2D eigenvalue weighted by molar-refractivity contribution is 5.77. The summed E-state index contributed by atoms with van der Waals surface area (Å²) in [6.45, 7) is 1.88. The second kappa shape index (κ2) is 5.47. The van der Waals surface area contributed by atoms with Gasteiger partial charge < -0.3 is 5.32 Å². The lowest BCUT2D eigenvalue weighted by atomic mass is 10.2. The number of hydrogen-bond acceptors (Lipinski definition) is 3. The third-order valence-electron chi connectivity index (χ3n) is 3.18. The summed E-state index contributed by atoms with van der Waals surface area (Å²) >= 11 is 0. The zero-order valence-corrected chi connectivity index (χ0v) is 9.21. The second-order valence-electron chi connectivity index (χ2n) is 4.40. The summed E-state index contributed by atoms with van der Waals surface area (Å²) < 4.78 is 0. The number of nitrogens with one attached hydrogen (secondary N) is 1. The zero-order chi connectivity index (χ0) is 10.5. The number of hydroxylamine groups is 2. The Kier molecular flexibility index (Phi) is 3.97. The molecule has 2 aliphatic rings. The fourth-order valence-corrected chi connectivity index (χ4v) is 2.24. The van der Waals surface area contributed by atoms with Gasteiger partial charge in [-0.25, -0.2) is 5.06 Å². The van der Waals surface area contributed by atoms with E-state index in [0.29, 0.717) is 19.2 Å². The molecule has 0 spiro atoms. The molecule has 0 atom stereocenters. The van der Waals surface area contributed by atoms with E-state index in [4.69, 9.17) is 4.84 Å². The Labute approximate surface area is 90.9 Å². The molecule has 1 saturated heterocycles. The van der Waals surface area contributed by atoms with Crippen LogP contribution in [0.15, 0.2) is 0 Å². The quantitative estimate of drug-likeness (QED) is 0.761. The first-order valence-electron chi connectivity index (χ1n) is 6.03. The minimum Gasteiger partial charge on any atom is -0.306 e. The van der Waals surface area contributed by atoms with E-state index in [-0.39, 0.29) is 5.91 Å². The first-order chi connectivity index (χ1) is 7.36. The first kappa shape index (κ1) is 10.9. The van der Waals surface area contributed by atoms with Gasteiger partial charge in [0.15, 0.2) is 0 Å². The van der Waals surface area contributed by atoms with Crippen LogP contribution >= 0.6 is 0 Å². The number of carbonyl (C=O) groups excluding carboxylic acids is 1. The van der Waals surface area contributed by atoms with E-state index in [1.54, 1.807) is 0 Å². The third-order valence-corrected chi connectivity index (χ3v) is 3.18. The van der Waals surface area contributed by atoms with Gasteiger partial charge in [-0.2, -0.15) is 0 Å². The van der Waals surface area contributed by atoms with E-state index in [1.807, 2.05) is 0 Å². The second-order valence-corrected chi connectivity index (χ2v) is 4.40. The molecule has 0 aromatic heterocycles. The van der Waals surface area contributed by atoms with Crippen molar-refractivity contribution in [2.24, 2.45) is 0 Å². The molecule has 1 aliphatic heterocycles. The highest BCUT2D eigenvalue weighted by Crippen LogP contribution is 2.17. The topological polar surface area (TPSA) is 41.6 Å². The largest absolute Gasteiger partial charge is 0.306 e. The lowest BCUT2D eigenvalue weighted by molar-refractivity contribution is -0.196. The van der Waals surface area contributed by atoms with Crippen LogP contribution in [-0.2, 0) is 9.63 Å². The van der Waals surface area contributed by atoms with E-state index >= 15 is 0 Å². The highest BCUT2D eigenvalue weighted by Gasteiger charge is 2.20. The van der Waals surface area contributed by atoms with Crippen molar-refractivity contribution in [3.63, 3.8) is 0 Å². The van der Waals surface area contributed by atoms with Crippen LogP contribution in [0.4, 0.5) is 0 Å². The predicted octanol–water partition coefficient (Wildman–Crippen LogP) is 1.07. The van der Waals surface area contributed by atoms with E-state index in [1.165, 1.54) is 30.7 Å². The average Bonchev–Trinajstić information content (AvgIpc) is 2.80. The molecular formula is C11H20N2O2. The van der Waals surface area contributed by atoms with Crippen molar-refractivity contribution in [3.05, 3.63) is 0 Å². The average molecular weight is 212 g/mol. The third kappa shape index (κ3) is 3.18. The number of rotatable bonds is 3. The van der Waals surface area contributed by atoms with Crippen molar-refractivity contribution in [2.75, 3.05) is 19.7 Å². The molecule has 0 radical (unpaired) electrons. The molecule has 1 aliphatic carbocycles. The molecule has 0 unspecified atom stereocenters. The molecule has 15 heavy (non-hydrogen) atoms. The number of amides is 1. The van der Waals surface area contributed by atoms with Crippen molar-refractivity contribution in [1.29, 1.82) is 0 Å². The first-order valence-corrected chi connectivity index (χ1v) is 6.03. The van der Waals surface area contributed by atoms with Gasteiger partial charge in [0.25, 0.3) is 5.91 Å². The summed E-state index contributed by atoms with van der Waals surface area (Å²) in [6.07, 6.45) is 7.16. The Morgan fingerprint density at radius 1 is 1.27 bits per heavy atom. The van der Waals surface area contributed by atoms with E-state index < -0.39 is 0 Å². The van der Waals surface area contributed by atoms with Crippen molar-refractivity contribution < 1.29 is 9.63 Å². The normalized spacial score (nSPS) is 23.3. The van der Waals surface area contributed by atoms with Crippen LogP contribution in [0.5, 0.6) is 0 Å². The molecule has 4 nitrogen and oxygen atoms in total. The predicted molar refractivity (Wildman–Crippen MR) is 57.2 cm³/mol. The molecule has 86 valence electrons. The number of hydrogen-bond donors (Lipinski definition) is 1. The molecule has 1 amide bonds. The molecule has 0 aromatic rings. The fourth-order valence-electron chi connectivity index (χ4n) is 2.24. The van der Waals surface area contributed by atoms with Crippen LogP contribution in [0.2, 0.25) is 0 Å². The van der Waals surface area contributed by atoms with Gasteiger partial charge in [-0.15, -0.1) is 0 Å². The smallest absolute Gasteiger partial charge is 0.260 e. The Balaban J connectivity index is 1.66. The summed E-state index contributed by atoms with van der Waals surface area (Å²) in [5.74, 6) is 0.0848. The molecular weight excluding hydrogens is 192 g/mol. The Hall–Kier alpha value is -0.610. The lowest BCUT2D eigenvalue weighted by Crippen LogP contribution is -2.43. The Bertz CT molecular complexity index is 209. The molecule has 1 N–H and O–H groups in total. The summed E-state index contributed by atoms with van der Waals surface area (Å²) in [7, 11) is 0. The minimum absolute atomic E-state index is 0.0848. The van der Waals surface area contributed by atoms with Crippen LogP contribution < -0.4 is 5.32 Å². The number of carbonyl (C=O) groups is 1. The lowest BCUT2D eigenvalue weighted by Gasteiger charge is -2.26. The van der Waals surface area contributed by atoms with E-state index in [2.05, 4.69) is 5.32 Å². The van der Waals surface area contributed by atoms with Crippen LogP contribution in [-0.4, -0.2) is 36.7 Å². The molecule has 0 bridgehead atoms. The highest BCUT2D eigenvalue weighted by atomic mass is 16.7. The van der Waals surface area contributed by atoms with Gasteiger partial charge in [0.05, 0.1) is 13.2 Å². The molecule has 4 heteroatoms. The summed E-state index contributed by atoms with van der Waals surface area (Å²) in [4.78, 5) is 17.0. The number of nitrogens with zero attached hydrogens (tertiary/aromatic N) is 1. The van der Waals surface area contributed by atoms with E-state index in [0.717, 1.165) is 19.4 Å². The molecule has 1 saturated carbocycles. The van der Waals surface area contributed by atoms with Crippen LogP contribution in [0, 0.1) is 0 Å². The van der Waals surface area contributed by atoms with Gasteiger partial charge in [-0.05, 0) is 25.7 Å². The van der Waals surface area contributed by atoms with Crippen molar-refractivity contribution in [3.8, 4) is 0 Å². The van der Waals surface area contributed by atoms with E-state index in [9.17, 15) is 4.79 Å². The molecule has 1 heterocycles. The van der Waals surface area contributed by atoms with Crippen molar-refractivity contribution in [1.82, 2.24) is 10.4 Å². The molecule has 0 aromatic carbocycles. The fraction of sp³-hybridized carbons (Fsp3) is 0.909. The standard InChI is InChI=1S/C11H20N2O2/c14-11(13-7-3-4-8-15-13)9-12-10-5-1-2-6-10/h10,12H,1-9H2. The van der Waals surface area contributed by atoms with Gasteiger partial charge in [0.2, 0.25) is 0 Å². The maximum Gasteiger partial charge on any atom is 0.260 e. The maximum atomic E-state index is 11.7. The SMILES string of the molecule is O=C(CNC1CCCC1)N1CCCCO1. The van der Waals surface area contributed by atoms with Crippen LogP contribution in [0.3, 0.4) is 0 Å². The maximum absolute atomic E-state index is 11.7. The minimum atomic E-state index is 0.0848. The van der Waals surface area contributed by atoms with Crippen molar-refractivity contribution in [2.45, 2.75) is 44.6 Å². The summed E-state index contributed by atoms with van der Waals surface area (Å²) in [6, 6.07) is 0.554. The molecule has 2 rings (SSSR count).